The first kappa shape index (κ1) is 14.5. The fourth-order valence-electron chi connectivity index (χ4n) is 3.71. The van der Waals surface area contributed by atoms with Crippen LogP contribution in [0.4, 0.5) is 0 Å². The zero-order valence-corrected chi connectivity index (χ0v) is 13.9. The first-order valence-corrected chi connectivity index (χ1v) is 8.82. The Morgan fingerprint density at radius 2 is 2.10 bits per heavy atom. The third-order valence-electron chi connectivity index (χ3n) is 5.16. The first-order chi connectivity index (χ1) is 9.58. The Morgan fingerprint density at radius 3 is 2.75 bits per heavy atom. The van der Waals surface area contributed by atoms with Gasteiger partial charge in [-0.2, -0.15) is 0 Å². The topological polar surface area (TPSA) is 28.2 Å². The molecule has 1 N–H and O–H groups in total. The number of aromatic nitrogens is 1. The molecule has 0 aromatic carbocycles. The van der Waals surface area contributed by atoms with E-state index in [0.717, 1.165) is 6.54 Å². The Bertz CT molecular complexity index is 443. The van der Waals surface area contributed by atoms with E-state index in [1.165, 1.54) is 60.8 Å². The number of hydrogen-bond donors (Lipinski definition) is 1. The van der Waals surface area contributed by atoms with E-state index in [2.05, 4.69) is 31.0 Å². The zero-order valence-electron chi connectivity index (χ0n) is 13.0. The lowest BCUT2D eigenvalue weighted by atomic mass is 9.97. The summed E-state index contributed by atoms with van der Waals surface area (Å²) >= 11 is 1.87. The highest BCUT2D eigenvalue weighted by Crippen LogP contribution is 2.33. The number of rotatable bonds is 2. The molecule has 20 heavy (non-hydrogen) atoms. The lowest BCUT2D eigenvalue weighted by Gasteiger charge is -2.35. The Kier molecular flexibility index (Phi) is 4.16. The fourth-order valence-corrected chi connectivity index (χ4v) is 4.67. The molecular formula is C16H27N3S. The highest BCUT2D eigenvalue weighted by molar-refractivity contribution is 7.11. The van der Waals surface area contributed by atoms with E-state index in [4.69, 9.17) is 4.98 Å². The maximum atomic E-state index is 4.74. The van der Waals surface area contributed by atoms with Crippen LogP contribution in [0.1, 0.15) is 54.6 Å². The second kappa shape index (κ2) is 5.74. The van der Waals surface area contributed by atoms with Gasteiger partial charge in [0.05, 0.1) is 12.2 Å². The minimum absolute atomic E-state index is 0.395. The molecule has 1 saturated heterocycles. The van der Waals surface area contributed by atoms with E-state index in [1.54, 1.807) is 0 Å². The maximum Gasteiger partial charge on any atom is 0.107 e. The van der Waals surface area contributed by atoms with Crippen molar-refractivity contribution >= 4 is 11.3 Å². The smallest absolute Gasteiger partial charge is 0.107 e. The minimum atomic E-state index is 0.395. The van der Waals surface area contributed by atoms with Gasteiger partial charge in [0.1, 0.15) is 5.01 Å². The van der Waals surface area contributed by atoms with Crippen LogP contribution in [0.25, 0.3) is 0 Å². The van der Waals surface area contributed by atoms with Crippen molar-refractivity contribution < 1.29 is 0 Å². The summed E-state index contributed by atoms with van der Waals surface area (Å²) in [7, 11) is 0. The average molecular weight is 293 g/mol. The van der Waals surface area contributed by atoms with E-state index < -0.39 is 0 Å². The van der Waals surface area contributed by atoms with Gasteiger partial charge in [-0.05, 0) is 46.6 Å². The van der Waals surface area contributed by atoms with Crippen molar-refractivity contribution in [3.63, 3.8) is 0 Å². The van der Waals surface area contributed by atoms with Gasteiger partial charge in [-0.25, -0.2) is 4.98 Å². The number of nitrogens with zero attached hydrogens (tertiary/aromatic N) is 2. The molecule has 4 heteroatoms. The largest absolute Gasteiger partial charge is 0.310 e. The molecule has 1 aromatic rings. The van der Waals surface area contributed by atoms with E-state index in [0.29, 0.717) is 11.6 Å². The lowest BCUT2D eigenvalue weighted by molar-refractivity contribution is 0.160. The number of hydrogen-bond acceptors (Lipinski definition) is 4. The Labute approximate surface area is 126 Å². The molecule has 1 atom stereocenters. The molecule has 1 unspecified atom stereocenters. The Hall–Kier alpha value is -0.450. The maximum absolute atomic E-state index is 4.74. The molecule has 2 fully saturated rings. The van der Waals surface area contributed by atoms with Crippen LogP contribution < -0.4 is 5.32 Å². The van der Waals surface area contributed by atoms with E-state index in [9.17, 15) is 0 Å². The van der Waals surface area contributed by atoms with Gasteiger partial charge >= 0.3 is 0 Å². The molecule has 0 amide bonds. The van der Waals surface area contributed by atoms with Crippen molar-refractivity contribution in [1.29, 1.82) is 0 Å². The number of aryl methyl sites for hydroxylation is 2. The van der Waals surface area contributed by atoms with Gasteiger partial charge in [0.25, 0.3) is 0 Å². The molecule has 2 aliphatic rings. The van der Waals surface area contributed by atoms with Gasteiger partial charge in [0.2, 0.25) is 0 Å². The van der Waals surface area contributed by atoms with Crippen molar-refractivity contribution in [2.45, 2.75) is 71.0 Å². The highest BCUT2D eigenvalue weighted by atomic mass is 32.1. The van der Waals surface area contributed by atoms with Crippen LogP contribution in [0.5, 0.6) is 0 Å². The van der Waals surface area contributed by atoms with Gasteiger partial charge in [0.15, 0.2) is 0 Å². The van der Waals surface area contributed by atoms with Crippen molar-refractivity contribution in [2.75, 3.05) is 13.1 Å². The van der Waals surface area contributed by atoms with Crippen molar-refractivity contribution in [3.05, 3.63) is 15.6 Å². The first-order valence-electron chi connectivity index (χ1n) is 8.00. The van der Waals surface area contributed by atoms with Crippen LogP contribution in [0, 0.1) is 13.8 Å². The van der Waals surface area contributed by atoms with Crippen LogP contribution in [-0.2, 0) is 6.54 Å². The summed E-state index contributed by atoms with van der Waals surface area (Å²) < 4.78 is 0. The predicted octanol–water partition coefficient (Wildman–Crippen LogP) is 3.26. The molecule has 112 valence electrons. The van der Waals surface area contributed by atoms with Gasteiger partial charge in [0, 0.05) is 23.0 Å². The molecule has 1 aliphatic heterocycles. The second-order valence-corrected chi connectivity index (χ2v) is 7.99. The summed E-state index contributed by atoms with van der Waals surface area (Å²) in [6.45, 7) is 10.1. The van der Waals surface area contributed by atoms with E-state index in [1.807, 2.05) is 11.3 Å². The molecule has 1 aliphatic carbocycles. The summed E-state index contributed by atoms with van der Waals surface area (Å²) in [5.41, 5.74) is 1.60. The minimum Gasteiger partial charge on any atom is -0.310 e. The molecule has 0 radical (unpaired) electrons. The van der Waals surface area contributed by atoms with Crippen LogP contribution in [0.2, 0.25) is 0 Å². The average Bonchev–Trinajstić information content (AvgIpc) is 2.93. The predicted molar refractivity (Wildman–Crippen MR) is 85.3 cm³/mol. The SMILES string of the molecule is Cc1nc(CN2CC3(CCCC3)NCCC2C)sc1C. The summed E-state index contributed by atoms with van der Waals surface area (Å²) in [6, 6.07) is 0.659. The zero-order chi connectivity index (χ0) is 14.2. The monoisotopic (exact) mass is 293 g/mol. The van der Waals surface area contributed by atoms with E-state index >= 15 is 0 Å². The molecule has 1 spiro atoms. The summed E-state index contributed by atoms with van der Waals surface area (Å²) in [6.07, 6.45) is 6.75. The second-order valence-electron chi connectivity index (χ2n) is 6.71. The van der Waals surface area contributed by atoms with Crippen LogP contribution in [-0.4, -0.2) is 34.6 Å². The molecule has 2 heterocycles. The third-order valence-corrected chi connectivity index (χ3v) is 6.22. The molecular weight excluding hydrogens is 266 g/mol. The molecule has 1 saturated carbocycles. The summed E-state index contributed by atoms with van der Waals surface area (Å²) in [5, 5.41) is 5.15. The normalized spacial score (nSPS) is 27.1. The van der Waals surface area contributed by atoms with Crippen LogP contribution >= 0.6 is 11.3 Å². The van der Waals surface area contributed by atoms with Crippen molar-refractivity contribution in [3.8, 4) is 0 Å². The Balaban J connectivity index is 1.75. The summed E-state index contributed by atoms with van der Waals surface area (Å²) in [5.74, 6) is 0. The highest BCUT2D eigenvalue weighted by Gasteiger charge is 2.38. The molecule has 0 bridgehead atoms. The van der Waals surface area contributed by atoms with Crippen molar-refractivity contribution in [1.82, 2.24) is 15.2 Å². The number of thiazole rings is 1. The standard InChI is InChI=1S/C16H27N3S/c1-12-6-9-17-16(7-4-5-8-16)11-19(12)10-15-18-13(2)14(3)20-15/h12,17H,4-11H2,1-3H3. The third kappa shape index (κ3) is 2.92. The summed E-state index contributed by atoms with van der Waals surface area (Å²) in [4.78, 5) is 8.78. The lowest BCUT2D eigenvalue weighted by Crippen LogP contribution is -2.49. The molecule has 3 nitrogen and oxygen atoms in total. The molecule has 1 aromatic heterocycles. The number of nitrogens with one attached hydrogen (secondary N) is 1. The van der Waals surface area contributed by atoms with Gasteiger partial charge in [-0.3, -0.25) is 4.90 Å². The van der Waals surface area contributed by atoms with Crippen LogP contribution in [0.3, 0.4) is 0 Å². The van der Waals surface area contributed by atoms with Crippen molar-refractivity contribution in [2.24, 2.45) is 0 Å². The Morgan fingerprint density at radius 1 is 1.35 bits per heavy atom. The van der Waals surface area contributed by atoms with Crippen LogP contribution in [0.15, 0.2) is 0 Å². The van der Waals surface area contributed by atoms with E-state index in [-0.39, 0.29) is 0 Å². The molecule has 3 rings (SSSR count). The quantitative estimate of drug-likeness (QED) is 0.907. The fraction of sp³-hybridized carbons (Fsp3) is 0.812. The van der Waals surface area contributed by atoms with Gasteiger partial charge < -0.3 is 5.32 Å². The van der Waals surface area contributed by atoms with Gasteiger partial charge in [-0.1, -0.05) is 12.8 Å². The van der Waals surface area contributed by atoms with Gasteiger partial charge in [-0.15, -0.1) is 11.3 Å².